The summed E-state index contributed by atoms with van der Waals surface area (Å²) >= 11 is 0. The minimum absolute atomic E-state index is 0.144. The number of halogens is 3. The van der Waals surface area contributed by atoms with Gasteiger partial charge in [0.15, 0.2) is 0 Å². The van der Waals surface area contributed by atoms with Crippen LogP contribution in [0.4, 0.5) is 30.5 Å². The van der Waals surface area contributed by atoms with Crippen molar-refractivity contribution in [1.29, 1.82) is 0 Å². The second kappa shape index (κ2) is 11.6. The van der Waals surface area contributed by atoms with E-state index >= 15 is 4.39 Å². The lowest BCUT2D eigenvalue weighted by Crippen LogP contribution is -2.50. The predicted molar refractivity (Wildman–Crippen MR) is 145 cm³/mol. The third-order valence-electron chi connectivity index (χ3n) is 7.31. The van der Waals surface area contributed by atoms with Crippen molar-refractivity contribution in [1.82, 2.24) is 19.9 Å². The third-order valence-corrected chi connectivity index (χ3v) is 7.31. The first-order chi connectivity index (χ1) is 19.2. The van der Waals surface area contributed by atoms with E-state index in [1.54, 1.807) is 0 Å². The van der Waals surface area contributed by atoms with Crippen molar-refractivity contribution in [2.45, 2.75) is 19.4 Å². The van der Waals surface area contributed by atoms with Crippen LogP contribution in [-0.2, 0) is 4.74 Å². The average molecular weight is 558 g/mol. The zero-order valence-electron chi connectivity index (χ0n) is 22.2. The lowest BCUT2D eigenvalue weighted by atomic mass is 10.0. The maximum Gasteiger partial charge on any atom is 0.264 e. The summed E-state index contributed by atoms with van der Waals surface area (Å²) in [4.78, 5) is 42.0. The van der Waals surface area contributed by atoms with Crippen molar-refractivity contribution in [3.63, 3.8) is 0 Å². The number of aromatic nitrogens is 3. The zero-order valence-corrected chi connectivity index (χ0v) is 22.2. The van der Waals surface area contributed by atoms with Crippen LogP contribution in [0.5, 0.6) is 0 Å². The number of nitrogens with one attached hydrogen (secondary N) is 2. The lowest BCUT2D eigenvalue weighted by molar-refractivity contribution is 0.101. The Morgan fingerprint density at radius 2 is 1.82 bits per heavy atom. The van der Waals surface area contributed by atoms with Crippen molar-refractivity contribution < 1.29 is 22.7 Å². The molecule has 13 heteroatoms. The molecule has 0 spiro atoms. The molecule has 2 saturated heterocycles. The number of morpholine rings is 1. The first-order valence-electron chi connectivity index (χ1n) is 13.0. The largest absolute Gasteiger partial charge is 0.378 e. The van der Waals surface area contributed by atoms with Crippen molar-refractivity contribution in [2.75, 3.05) is 68.1 Å². The number of hydrogen-bond donors (Lipinski definition) is 2. The van der Waals surface area contributed by atoms with E-state index in [0.717, 1.165) is 6.20 Å². The average Bonchev–Trinajstić information content (AvgIpc) is 2.95. The van der Waals surface area contributed by atoms with E-state index in [-0.39, 0.29) is 22.9 Å². The van der Waals surface area contributed by atoms with Crippen molar-refractivity contribution in [3.8, 4) is 11.1 Å². The van der Waals surface area contributed by atoms with E-state index < -0.39 is 29.3 Å². The highest BCUT2D eigenvalue weighted by Crippen LogP contribution is 2.36. The number of piperazine rings is 1. The Bertz CT molecular complexity index is 1430. The highest BCUT2D eigenvalue weighted by molar-refractivity contribution is 6.07. The molecular formula is C27H30F3N7O3. The van der Waals surface area contributed by atoms with E-state index in [1.165, 1.54) is 24.5 Å². The maximum atomic E-state index is 15.6. The third kappa shape index (κ3) is 5.80. The van der Waals surface area contributed by atoms with Crippen LogP contribution in [0.15, 0.2) is 41.6 Å². The summed E-state index contributed by atoms with van der Waals surface area (Å²) in [5, 5.41) is 2.69. The molecule has 1 atom stereocenters. The number of H-pyrrole nitrogens is 1. The number of nitrogens with zero attached hydrogens (tertiary/aromatic N) is 5. The molecule has 3 aromatic rings. The summed E-state index contributed by atoms with van der Waals surface area (Å²) in [6, 6.07) is 3.66. The molecule has 212 valence electrons. The van der Waals surface area contributed by atoms with Crippen molar-refractivity contribution >= 4 is 23.2 Å². The number of ether oxygens (including phenoxy) is 1. The highest BCUT2D eigenvalue weighted by atomic mass is 19.3. The molecule has 0 aliphatic carbocycles. The summed E-state index contributed by atoms with van der Waals surface area (Å²) in [6.45, 7) is 6.31. The Hall–Kier alpha value is -3.97. The molecule has 2 fully saturated rings. The molecule has 10 nitrogen and oxygen atoms in total. The minimum atomic E-state index is -3.04. The number of anilines is 3. The number of hydrogen-bond acceptors (Lipinski definition) is 8. The molecule has 0 bridgehead atoms. The predicted octanol–water partition coefficient (Wildman–Crippen LogP) is 3.14. The Morgan fingerprint density at radius 1 is 1.10 bits per heavy atom. The molecule has 5 rings (SSSR count). The van der Waals surface area contributed by atoms with Gasteiger partial charge in [-0.25, -0.2) is 23.1 Å². The summed E-state index contributed by atoms with van der Waals surface area (Å²) < 4.78 is 48.2. The molecule has 0 saturated carbocycles. The van der Waals surface area contributed by atoms with Gasteiger partial charge in [-0.3, -0.25) is 9.59 Å². The van der Waals surface area contributed by atoms with Gasteiger partial charge in [-0.1, -0.05) is 0 Å². The Morgan fingerprint density at radius 3 is 2.50 bits per heavy atom. The second-order valence-corrected chi connectivity index (χ2v) is 9.92. The van der Waals surface area contributed by atoms with Gasteiger partial charge in [-0.15, -0.1) is 0 Å². The SMILES string of the molecule is C[C@H]1CN(c2cc(F)c(-c3cnc(N4CCOCC4)nc3)cc2NC(=O)c2c[nH]c(=O)cc2C(F)F)CCN1C. The quantitative estimate of drug-likeness (QED) is 0.476. The van der Waals surface area contributed by atoms with Gasteiger partial charge in [-0.05, 0) is 26.1 Å². The monoisotopic (exact) mass is 557 g/mol. The van der Waals surface area contributed by atoms with Crippen LogP contribution in [0.25, 0.3) is 11.1 Å². The normalized spacial score (nSPS) is 18.3. The smallest absolute Gasteiger partial charge is 0.264 e. The van der Waals surface area contributed by atoms with Gasteiger partial charge < -0.3 is 29.7 Å². The Kier molecular flexibility index (Phi) is 8.03. The molecule has 2 aromatic heterocycles. The lowest BCUT2D eigenvalue weighted by Gasteiger charge is -2.39. The fourth-order valence-corrected chi connectivity index (χ4v) is 4.85. The van der Waals surface area contributed by atoms with E-state index in [2.05, 4.69) is 25.2 Å². The number of pyridine rings is 1. The number of rotatable bonds is 6. The van der Waals surface area contributed by atoms with E-state index in [9.17, 15) is 18.4 Å². The van der Waals surface area contributed by atoms with Gasteiger partial charge in [0.2, 0.25) is 11.5 Å². The first kappa shape index (κ1) is 27.6. The molecule has 2 aliphatic rings. The van der Waals surface area contributed by atoms with Crippen LogP contribution in [0.2, 0.25) is 0 Å². The molecular weight excluding hydrogens is 527 g/mol. The summed E-state index contributed by atoms with van der Waals surface area (Å²) in [5.41, 5.74) is -0.624. The minimum Gasteiger partial charge on any atom is -0.378 e. The number of benzene rings is 1. The topological polar surface area (TPSA) is 107 Å². The van der Waals surface area contributed by atoms with Crippen LogP contribution in [0.3, 0.4) is 0 Å². The zero-order chi connectivity index (χ0) is 28.4. The molecule has 1 amide bonds. The standard InChI is InChI=1S/C27H30F3N7O3/c1-16-15-37(4-3-35(16)2)23-11-21(28)18(17-12-32-27(33-13-17)36-5-7-40-8-6-36)9-22(23)34-26(39)20-14-31-24(38)10-19(20)25(29)30/h9-14,16,25H,3-8,15H2,1-2H3,(H,31,38)(H,34,39)/t16-/m0/s1. The van der Waals surface area contributed by atoms with Crippen LogP contribution >= 0.6 is 0 Å². The molecule has 0 unspecified atom stereocenters. The molecule has 0 radical (unpaired) electrons. The van der Waals surface area contributed by atoms with Gasteiger partial charge in [0.25, 0.3) is 12.3 Å². The Labute approximate surface area is 228 Å². The van der Waals surface area contributed by atoms with Crippen molar-refractivity contribution in [3.05, 3.63) is 64.1 Å². The van der Waals surface area contributed by atoms with Crippen LogP contribution in [0.1, 0.15) is 29.3 Å². The molecule has 40 heavy (non-hydrogen) atoms. The van der Waals surface area contributed by atoms with Gasteiger partial charge >= 0.3 is 0 Å². The van der Waals surface area contributed by atoms with Crippen LogP contribution in [0, 0.1) is 5.82 Å². The maximum absolute atomic E-state index is 15.6. The number of carbonyl (C=O) groups excluding carboxylic acids is 1. The highest BCUT2D eigenvalue weighted by Gasteiger charge is 2.26. The fourth-order valence-electron chi connectivity index (χ4n) is 4.85. The van der Waals surface area contributed by atoms with Gasteiger partial charge in [0, 0.05) is 80.1 Å². The summed E-state index contributed by atoms with van der Waals surface area (Å²) in [5.74, 6) is -0.896. The van der Waals surface area contributed by atoms with Crippen LogP contribution in [-0.4, -0.2) is 84.8 Å². The van der Waals surface area contributed by atoms with E-state index in [1.807, 2.05) is 23.8 Å². The molecule has 1 aromatic carbocycles. The second-order valence-electron chi connectivity index (χ2n) is 9.92. The number of alkyl halides is 2. The molecule has 4 heterocycles. The first-order valence-corrected chi connectivity index (χ1v) is 13.0. The van der Waals surface area contributed by atoms with E-state index in [4.69, 9.17) is 4.74 Å². The molecule has 2 N–H and O–H groups in total. The summed E-state index contributed by atoms with van der Waals surface area (Å²) in [7, 11) is 2.00. The number of likely N-dealkylation sites (N-methyl/N-ethyl adjacent to an activating group) is 1. The Balaban J connectivity index is 1.52. The van der Waals surface area contributed by atoms with Crippen LogP contribution < -0.4 is 20.7 Å². The van der Waals surface area contributed by atoms with Gasteiger partial charge in [0.05, 0.1) is 30.2 Å². The fraction of sp³-hybridized carbons (Fsp3) is 0.407. The summed E-state index contributed by atoms with van der Waals surface area (Å²) in [6.07, 6.45) is 0.943. The molecule has 2 aliphatic heterocycles. The van der Waals surface area contributed by atoms with Gasteiger partial charge in [0.1, 0.15) is 5.82 Å². The number of amides is 1. The van der Waals surface area contributed by atoms with E-state index in [0.29, 0.717) is 69.2 Å². The number of carbonyl (C=O) groups is 1. The number of aromatic amines is 1. The van der Waals surface area contributed by atoms with Crippen molar-refractivity contribution in [2.24, 2.45) is 0 Å². The van der Waals surface area contributed by atoms with Gasteiger partial charge in [-0.2, -0.15) is 0 Å².